The summed E-state index contributed by atoms with van der Waals surface area (Å²) in [5.41, 5.74) is 6.24. The fourth-order valence-corrected chi connectivity index (χ4v) is 3.60. The van der Waals surface area contributed by atoms with E-state index in [9.17, 15) is 9.59 Å². The van der Waals surface area contributed by atoms with E-state index in [-0.39, 0.29) is 18.4 Å². The van der Waals surface area contributed by atoms with Gasteiger partial charge in [0.2, 0.25) is 5.91 Å². The van der Waals surface area contributed by atoms with Gasteiger partial charge in [0.15, 0.2) is 6.10 Å². The van der Waals surface area contributed by atoms with Crippen molar-refractivity contribution in [1.29, 1.82) is 0 Å². The Morgan fingerprint density at radius 2 is 2.00 bits per heavy atom. The summed E-state index contributed by atoms with van der Waals surface area (Å²) in [6, 6.07) is 5.05. The van der Waals surface area contributed by atoms with Crippen LogP contribution in [-0.2, 0) is 9.59 Å². The summed E-state index contributed by atoms with van der Waals surface area (Å²) >= 11 is 5.94. The van der Waals surface area contributed by atoms with Crippen molar-refractivity contribution in [3.8, 4) is 5.75 Å². The van der Waals surface area contributed by atoms with Gasteiger partial charge in [-0.15, -0.1) is 0 Å². The maximum absolute atomic E-state index is 12.5. The maximum Gasteiger partial charge on any atom is 0.261 e. The lowest BCUT2D eigenvalue weighted by atomic mass is 9.82. The van der Waals surface area contributed by atoms with Gasteiger partial charge in [-0.05, 0) is 56.4 Å². The minimum Gasteiger partial charge on any atom is -0.481 e. The van der Waals surface area contributed by atoms with Crippen LogP contribution in [0.2, 0.25) is 5.02 Å². The minimum absolute atomic E-state index is 0.170. The van der Waals surface area contributed by atoms with Crippen LogP contribution in [0.15, 0.2) is 18.2 Å². The molecule has 138 valence electrons. The molecule has 1 saturated carbocycles. The molecule has 1 aromatic rings. The molecule has 25 heavy (non-hydrogen) atoms. The average Bonchev–Trinajstić information content (AvgIpc) is 2.57. The molecule has 0 heterocycles. The van der Waals surface area contributed by atoms with Crippen molar-refractivity contribution in [2.45, 2.75) is 64.5 Å². The Balaban J connectivity index is 1.99. The molecule has 0 saturated heterocycles. The Labute approximate surface area is 154 Å². The molecule has 6 heteroatoms. The van der Waals surface area contributed by atoms with Crippen molar-refractivity contribution in [1.82, 2.24) is 5.32 Å². The molecule has 0 aromatic heterocycles. The summed E-state index contributed by atoms with van der Waals surface area (Å²) in [4.78, 5) is 23.9. The van der Waals surface area contributed by atoms with Gasteiger partial charge in [-0.2, -0.15) is 0 Å². The van der Waals surface area contributed by atoms with Gasteiger partial charge in [0.25, 0.3) is 5.91 Å². The van der Waals surface area contributed by atoms with Gasteiger partial charge < -0.3 is 15.8 Å². The van der Waals surface area contributed by atoms with Crippen LogP contribution in [-0.4, -0.2) is 24.0 Å². The lowest BCUT2D eigenvalue weighted by Gasteiger charge is -2.31. The number of carbonyl (C=O) groups is 2. The third-order valence-corrected chi connectivity index (χ3v) is 5.01. The van der Waals surface area contributed by atoms with Crippen LogP contribution in [0.25, 0.3) is 0 Å². The zero-order chi connectivity index (χ0) is 18.4. The second kappa shape index (κ2) is 9.09. The Morgan fingerprint density at radius 3 is 2.60 bits per heavy atom. The quantitative estimate of drug-likeness (QED) is 0.776. The summed E-state index contributed by atoms with van der Waals surface area (Å²) in [5.74, 6) is 0.301. The fraction of sp³-hybridized carbons (Fsp3) is 0.579. The molecule has 0 aliphatic heterocycles. The number of ether oxygens (including phenoxy) is 1. The Hall–Kier alpha value is -1.75. The lowest BCUT2D eigenvalue weighted by Crippen LogP contribution is -2.48. The van der Waals surface area contributed by atoms with E-state index in [1.165, 1.54) is 6.42 Å². The number of nitrogens with one attached hydrogen (secondary N) is 1. The van der Waals surface area contributed by atoms with Gasteiger partial charge >= 0.3 is 0 Å². The first kappa shape index (κ1) is 19.6. The summed E-state index contributed by atoms with van der Waals surface area (Å²) in [5, 5.41) is 3.60. The molecule has 0 bridgehead atoms. The number of carbonyl (C=O) groups excluding carboxylic acids is 2. The molecule has 0 unspecified atom stereocenters. The second-order valence-corrected chi connectivity index (χ2v) is 7.29. The number of benzene rings is 1. The second-order valence-electron chi connectivity index (χ2n) is 6.85. The average molecular weight is 367 g/mol. The molecule has 2 amide bonds. The van der Waals surface area contributed by atoms with Crippen molar-refractivity contribution in [2.24, 2.45) is 11.7 Å². The maximum atomic E-state index is 12.5. The SMILES string of the molecule is Cc1cc(Cl)ccc1O[C@H](C)C(=O)N[C@H](CC(N)=O)C1CCCCC1. The molecule has 3 N–H and O–H groups in total. The minimum atomic E-state index is -0.668. The highest BCUT2D eigenvalue weighted by Gasteiger charge is 2.28. The normalized spacial score (nSPS) is 17.6. The van der Waals surface area contributed by atoms with Crippen LogP contribution in [0.1, 0.15) is 51.0 Å². The molecule has 1 aliphatic carbocycles. The molecule has 2 rings (SSSR count). The summed E-state index contributed by atoms with van der Waals surface area (Å²) in [7, 11) is 0. The smallest absolute Gasteiger partial charge is 0.261 e. The number of amides is 2. The fourth-order valence-electron chi connectivity index (χ4n) is 3.38. The van der Waals surface area contributed by atoms with Crippen LogP contribution >= 0.6 is 11.6 Å². The molecule has 0 radical (unpaired) electrons. The van der Waals surface area contributed by atoms with Crippen LogP contribution in [0.5, 0.6) is 5.75 Å². The summed E-state index contributed by atoms with van der Waals surface area (Å²) in [6.45, 7) is 3.58. The number of aryl methyl sites for hydroxylation is 1. The van der Waals surface area contributed by atoms with Gasteiger partial charge in [-0.25, -0.2) is 0 Å². The standard InChI is InChI=1S/C19H27ClN2O3/c1-12-10-15(20)8-9-17(12)25-13(2)19(24)22-16(11-18(21)23)14-6-4-3-5-7-14/h8-10,13-14,16H,3-7,11H2,1-2H3,(H2,21,23)(H,22,24)/t13-,16-/m1/s1. The van der Waals surface area contributed by atoms with Crippen LogP contribution in [0.4, 0.5) is 0 Å². The van der Waals surface area contributed by atoms with Crippen LogP contribution < -0.4 is 15.8 Å². The van der Waals surface area contributed by atoms with Crippen molar-refractivity contribution in [3.05, 3.63) is 28.8 Å². The predicted octanol–water partition coefficient (Wildman–Crippen LogP) is 3.36. The Morgan fingerprint density at radius 1 is 1.32 bits per heavy atom. The first-order valence-electron chi connectivity index (χ1n) is 8.88. The van der Waals surface area contributed by atoms with Gasteiger partial charge in [0, 0.05) is 17.5 Å². The topological polar surface area (TPSA) is 81.4 Å². The van der Waals surface area contributed by atoms with Gasteiger partial charge in [-0.3, -0.25) is 9.59 Å². The molecule has 1 aromatic carbocycles. The highest BCUT2D eigenvalue weighted by atomic mass is 35.5. The first-order chi connectivity index (χ1) is 11.9. The van der Waals surface area contributed by atoms with E-state index in [0.717, 1.165) is 31.2 Å². The van der Waals surface area contributed by atoms with E-state index in [2.05, 4.69) is 5.32 Å². The van der Waals surface area contributed by atoms with Gasteiger partial charge in [0.05, 0.1) is 0 Å². The molecular weight excluding hydrogens is 340 g/mol. The highest BCUT2D eigenvalue weighted by Crippen LogP contribution is 2.28. The first-order valence-corrected chi connectivity index (χ1v) is 9.26. The van der Waals surface area contributed by atoms with Crippen molar-refractivity contribution < 1.29 is 14.3 Å². The third kappa shape index (κ3) is 5.92. The zero-order valence-electron chi connectivity index (χ0n) is 14.9. The number of rotatable bonds is 7. The van der Waals surface area contributed by atoms with Gasteiger partial charge in [-0.1, -0.05) is 30.9 Å². The lowest BCUT2D eigenvalue weighted by molar-refractivity contribution is -0.129. The third-order valence-electron chi connectivity index (χ3n) is 4.78. The largest absolute Gasteiger partial charge is 0.481 e. The van der Waals surface area contributed by atoms with Gasteiger partial charge in [0.1, 0.15) is 5.75 Å². The van der Waals surface area contributed by atoms with E-state index in [1.807, 2.05) is 6.92 Å². The van der Waals surface area contributed by atoms with Crippen molar-refractivity contribution >= 4 is 23.4 Å². The van der Waals surface area contributed by atoms with Crippen LogP contribution in [0, 0.1) is 12.8 Å². The summed E-state index contributed by atoms with van der Waals surface area (Å²) < 4.78 is 5.77. The Kier molecular flexibility index (Phi) is 7.12. The zero-order valence-corrected chi connectivity index (χ0v) is 15.6. The van der Waals surface area contributed by atoms with E-state index in [1.54, 1.807) is 25.1 Å². The van der Waals surface area contributed by atoms with Crippen molar-refractivity contribution in [2.75, 3.05) is 0 Å². The number of primary amides is 1. The summed E-state index contributed by atoms with van der Waals surface area (Å²) in [6.07, 6.45) is 5.01. The van der Waals surface area contributed by atoms with Crippen LogP contribution in [0.3, 0.4) is 0 Å². The number of hydrogen-bond acceptors (Lipinski definition) is 3. The number of halogens is 1. The highest BCUT2D eigenvalue weighted by molar-refractivity contribution is 6.30. The van der Waals surface area contributed by atoms with Crippen molar-refractivity contribution in [3.63, 3.8) is 0 Å². The van der Waals surface area contributed by atoms with E-state index < -0.39 is 12.0 Å². The number of hydrogen-bond donors (Lipinski definition) is 2. The molecule has 5 nitrogen and oxygen atoms in total. The molecule has 2 atom stereocenters. The van der Waals surface area contributed by atoms with E-state index in [0.29, 0.717) is 16.7 Å². The van der Waals surface area contributed by atoms with E-state index in [4.69, 9.17) is 22.1 Å². The van der Waals surface area contributed by atoms with E-state index >= 15 is 0 Å². The Bertz CT molecular complexity index is 615. The molecular formula is C19H27ClN2O3. The predicted molar refractivity (Wildman–Crippen MR) is 98.6 cm³/mol. The number of nitrogens with two attached hydrogens (primary N) is 1. The molecule has 0 spiro atoms. The molecule has 1 aliphatic rings. The monoisotopic (exact) mass is 366 g/mol. The molecule has 1 fully saturated rings.